The van der Waals surface area contributed by atoms with Crippen molar-refractivity contribution < 1.29 is 17.8 Å². The molecular formula is C11H14N2O4S4. The van der Waals surface area contributed by atoms with Crippen LogP contribution >= 0.6 is 35.7 Å². The summed E-state index contributed by atoms with van der Waals surface area (Å²) in [6.07, 6.45) is 3.94. The summed E-state index contributed by atoms with van der Waals surface area (Å²) in [5, 5.41) is 3.54. The predicted octanol–water partition coefficient (Wildman–Crippen LogP) is 1.19. The molecule has 2 aliphatic heterocycles. The van der Waals surface area contributed by atoms with Gasteiger partial charge >= 0.3 is 0 Å². The molecule has 21 heavy (non-hydrogen) atoms. The van der Waals surface area contributed by atoms with Crippen LogP contribution in [0.5, 0.6) is 0 Å². The number of thiocarbonyl (C=S) groups is 1. The van der Waals surface area contributed by atoms with Crippen LogP contribution < -0.4 is 5.32 Å². The van der Waals surface area contributed by atoms with E-state index in [-0.39, 0.29) is 11.7 Å². The Morgan fingerprint density at radius 2 is 2.19 bits per heavy atom. The van der Waals surface area contributed by atoms with E-state index in [1.807, 2.05) is 11.0 Å². The van der Waals surface area contributed by atoms with Gasteiger partial charge in [-0.3, -0.25) is 9.35 Å². The highest BCUT2D eigenvalue weighted by Gasteiger charge is 2.22. The Morgan fingerprint density at radius 1 is 1.43 bits per heavy atom. The lowest BCUT2D eigenvalue weighted by atomic mass is 10.4. The molecule has 0 atom stereocenters. The van der Waals surface area contributed by atoms with E-state index in [2.05, 4.69) is 5.32 Å². The number of thioether (sulfide) groups is 2. The number of carbonyl (C=O) groups is 1. The maximum atomic E-state index is 11.5. The van der Waals surface area contributed by atoms with Crippen LogP contribution in [0, 0.1) is 0 Å². The van der Waals surface area contributed by atoms with Gasteiger partial charge in [0, 0.05) is 18.8 Å². The van der Waals surface area contributed by atoms with Gasteiger partial charge in [-0.15, -0.1) is 11.8 Å². The molecule has 1 amide bonds. The van der Waals surface area contributed by atoms with Crippen molar-refractivity contribution in [2.45, 2.75) is 6.42 Å². The zero-order valence-electron chi connectivity index (χ0n) is 10.9. The molecular weight excluding hydrogens is 352 g/mol. The van der Waals surface area contributed by atoms with E-state index in [1.54, 1.807) is 17.8 Å². The Morgan fingerprint density at radius 3 is 2.81 bits per heavy atom. The number of amides is 1. The van der Waals surface area contributed by atoms with Crippen LogP contribution in [0.2, 0.25) is 0 Å². The van der Waals surface area contributed by atoms with Crippen LogP contribution in [0.4, 0.5) is 0 Å². The van der Waals surface area contributed by atoms with Crippen LogP contribution in [-0.4, -0.2) is 52.7 Å². The maximum Gasteiger partial charge on any atom is 0.264 e. The Labute approximate surface area is 137 Å². The molecule has 2 N–H and O–H groups in total. The lowest BCUT2D eigenvalue weighted by Crippen LogP contribution is -2.21. The molecule has 0 bridgehead atoms. The molecule has 0 aliphatic carbocycles. The van der Waals surface area contributed by atoms with Gasteiger partial charge in [0.25, 0.3) is 16.0 Å². The fourth-order valence-electron chi connectivity index (χ4n) is 1.86. The second kappa shape index (κ2) is 7.14. The number of hydrogen-bond donors (Lipinski definition) is 2. The summed E-state index contributed by atoms with van der Waals surface area (Å²) in [4.78, 5) is 14.1. The molecule has 0 spiro atoms. The van der Waals surface area contributed by atoms with E-state index < -0.39 is 10.1 Å². The summed E-state index contributed by atoms with van der Waals surface area (Å²) in [5.74, 6) is 0.482. The van der Waals surface area contributed by atoms with Crippen molar-refractivity contribution in [1.29, 1.82) is 0 Å². The molecule has 0 unspecified atom stereocenters. The standard InChI is InChI=1S/C11H14N2O4S4/c14-10-8(20-11(18)12-10)2-3-9-13(5-6-19-9)4-1-7-21(15,16)17/h2-3H,1,4-7H2,(H,12,14,18)(H,15,16,17)/b8-2+,9-3+. The molecule has 2 saturated heterocycles. The third-order valence-electron chi connectivity index (χ3n) is 2.77. The molecule has 6 nitrogen and oxygen atoms in total. The van der Waals surface area contributed by atoms with Crippen LogP contribution in [-0.2, 0) is 14.9 Å². The summed E-state index contributed by atoms with van der Waals surface area (Å²) in [7, 11) is -3.91. The highest BCUT2D eigenvalue weighted by molar-refractivity contribution is 8.26. The smallest absolute Gasteiger partial charge is 0.264 e. The van der Waals surface area contributed by atoms with Gasteiger partial charge in [-0.25, -0.2) is 0 Å². The van der Waals surface area contributed by atoms with Crippen molar-refractivity contribution in [1.82, 2.24) is 10.2 Å². The summed E-state index contributed by atoms with van der Waals surface area (Å²) in [5.41, 5.74) is 0. The molecule has 2 fully saturated rings. The van der Waals surface area contributed by atoms with Crippen LogP contribution in [0.3, 0.4) is 0 Å². The Balaban J connectivity index is 1.95. The molecule has 10 heteroatoms. The van der Waals surface area contributed by atoms with Gasteiger partial charge in [0.05, 0.1) is 15.7 Å². The number of carbonyl (C=O) groups excluding carboxylic acids is 1. The largest absolute Gasteiger partial charge is 0.366 e. The normalized spacial score (nSPS) is 23.4. The Kier molecular flexibility index (Phi) is 5.72. The van der Waals surface area contributed by atoms with Gasteiger partial charge in [0.15, 0.2) is 0 Å². The average molecular weight is 367 g/mol. The molecule has 0 aromatic carbocycles. The number of nitrogens with one attached hydrogen (secondary N) is 1. The van der Waals surface area contributed by atoms with Crippen LogP contribution in [0.1, 0.15) is 6.42 Å². The Bertz CT molecular complexity index is 612. The Hall–Kier alpha value is -0.550. The molecule has 0 radical (unpaired) electrons. The molecule has 116 valence electrons. The number of allylic oxidation sites excluding steroid dienone is 2. The third kappa shape index (κ3) is 5.29. The first-order valence-corrected chi connectivity index (χ1v) is 9.95. The number of rotatable bonds is 5. The van der Waals surface area contributed by atoms with E-state index in [4.69, 9.17) is 16.8 Å². The SMILES string of the molecule is O=C1NC(=S)S/C1=C/C=C1/SCCN1CCCS(=O)(=O)O. The maximum absolute atomic E-state index is 11.5. The number of hydrogen-bond acceptors (Lipinski definition) is 7. The zero-order valence-corrected chi connectivity index (χ0v) is 14.2. The van der Waals surface area contributed by atoms with Crippen LogP contribution in [0.25, 0.3) is 0 Å². The van der Waals surface area contributed by atoms with Gasteiger partial charge in [-0.05, 0) is 18.6 Å². The van der Waals surface area contributed by atoms with Crippen molar-refractivity contribution >= 4 is 56.1 Å². The molecule has 2 heterocycles. The van der Waals surface area contributed by atoms with Crippen molar-refractivity contribution in [2.24, 2.45) is 0 Å². The molecule has 0 aromatic heterocycles. The fourth-order valence-corrected chi connectivity index (χ4v) is 4.39. The van der Waals surface area contributed by atoms with Gasteiger partial charge in [0.2, 0.25) is 0 Å². The van der Waals surface area contributed by atoms with E-state index in [1.165, 1.54) is 11.8 Å². The minimum atomic E-state index is -3.91. The van der Waals surface area contributed by atoms with Crippen molar-refractivity contribution in [3.8, 4) is 0 Å². The molecule has 2 aliphatic rings. The fraction of sp³-hybridized carbons (Fsp3) is 0.455. The van der Waals surface area contributed by atoms with Gasteiger partial charge in [-0.2, -0.15) is 8.42 Å². The first-order valence-electron chi connectivity index (χ1n) is 6.13. The van der Waals surface area contributed by atoms with Crippen molar-refractivity contribution in [3.05, 3.63) is 22.1 Å². The lowest BCUT2D eigenvalue weighted by molar-refractivity contribution is -0.115. The monoisotopic (exact) mass is 366 g/mol. The third-order valence-corrected chi connectivity index (χ3v) is 5.83. The summed E-state index contributed by atoms with van der Waals surface area (Å²) in [6, 6.07) is 0. The predicted molar refractivity (Wildman–Crippen MR) is 89.6 cm³/mol. The van der Waals surface area contributed by atoms with Gasteiger partial charge < -0.3 is 10.2 Å². The first kappa shape index (κ1) is 16.8. The van der Waals surface area contributed by atoms with E-state index in [0.717, 1.165) is 17.3 Å². The number of nitrogens with zero attached hydrogens (tertiary/aromatic N) is 1. The second-order valence-corrected chi connectivity index (χ2v) is 8.76. The van der Waals surface area contributed by atoms with Crippen molar-refractivity contribution in [2.75, 3.05) is 24.6 Å². The van der Waals surface area contributed by atoms with Gasteiger partial charge in [-0.1, -0.05) is 24.0 Å². The first-order chi connectivity index (χ1) is 9.85. The molecule has 0 saturated carbocycles. The topological polar surface area (TPSA) is 86.7 Å². The average Bonchev–Trinajstić information content (AvgIpc) is 2.92. The highest BCUT2D eigenvalue weighted by atomic mass is 32.2. The highest BCUT2D eigenvalue weighted by Crippen LogP contribution is 2.29. The van der Waals surface area contributed by atoms with E-state index in [0.29, 0.717) is 22.2 Å². The van der Waals surface area contributed by atoms with Crippen molar-refractivity contribution in [3.63, 3.8) is 0 Å². The van der Waals surface area contributed by atoms with E-state index >= 15 is 0 Å². The lowest BCUT2D eigenvalue weighted by Gasteiger charge is -2.18. The molecule has 0 aromatic rings. The van der Waals surface area contributed by atoms with E-state index in [9.17, 15) is 13.2 Å². The summed E-state index contributed by atoms with van der Waals surface area (Å²) < 4.78 is 30.6. The zero-order chi connectivity index (χ0) is 15.5. The van der Waals surface area contributed by atoms with Gasteiger partial charge in [0.1, 0.15) is 4.32 Å². The van der Waals surface area contributed by atoms with Crippen LogP contribution in [0.15, 0.2) is 22.1 Å². The molecule has 2 rings (SSSR count). The second-order valence-electron chi connectivity index (χ2n) is 4.35. The quantitative estimate of drug-likeness (QED) is 0.426. The minimum Gasteiger partial charge on any atom is -0.366 e. The summed E-state index contributed by atoms with van der Waals surface area (Å²) >= 11 is 7.79. The summed E-state index contributed by atoms with van der Waals surface area (Å²) in [6.45, 7) is 1.38. The minimum absolute atomic E-state index is 0.192.